The maximum absolute atomic E-state index is 11.4. The van der Waals surface area contributed by atoms with Gasteiger partial charge in [-0.15, -0.1) is 0 Å². The molecule has 0 bridgehead atoms. The van der Waals surface area contributed by atoms with Crippen molar-refractivity contribution in [3.8, 4) is 0 Å². The van der Waals surface area contributed by atoms with E-state index in [1.165, 1.54) is 6.92 Å². The number of aromatic carboxylic acids is 1. The lowest BCUT2D eigenvalue weighted by Crippen LogP contribution is -2.33. The van der Waals surface area contributed by atoms with Gasteiger partial charge < -0.3 is 5.11 Å². The van der Waals surface area contributed by atoms with Gasteiger partial charge >= 0.3 is 5.97 Å². The number of benzene rings is 1. The SMILES string of the molecule is CC(=O)N(C(C)=O)c1cc(C(=O)O)c(C)c([N+](=O)[O-])c1. The van der Waals surface area contributed by atoms with Crippen LogP contribution in [0.2, 0.25) is 0 Å². The quantitative estimate of drug-likeness (QED) is 0.662. The average Bonchev–Trinajstić information content (AvgIpc) is 2.29. The van der Waals surface area contributed by atoms with Crippen LogP contribution >= 0.6 is 0 Å². The molecule has 2 amide bonds. The molecule has 0 unspecified atom stereocenters. The summed E-state index contributed by atoms with van der Waals surface area (Å²) in [5.74, 6) is -2.70. The third-order valence-corrected chi connectivity index (χ3v) is 2.68. The lowest BCUT2D eigenvalue weighted by molar-refractivity contribution is -0.385. The molecule has 0 aliphatic carbocycles. The number of carbonyl (C=O) groups excluding carboxylic acids is 2. The minimum Gasteiger partial charge on any atom is -0.478 e. The Hall–Kier alpha value is -2.77. The molecule has 106 valence electrons. The van der Waals surface area contributed by atoms with Crippen molar-refractivity contribution in [2.75, 3.05) is 4.90 Å². The molecular weight excluding hydrogens is 268 g/mol. The number of carboxylic acids is 1. The number of anilines is 1. The third kappa shape index (κ3) is 2.79. The van der Waals surface area contributed by atoms with E-state index in [1.807, 2.05) is 0 Å². The number of rotatable bonds is 3. The van der Waals surface area contributed by atoms with Crippen molar-refractivity contribution in [2.45, 2.75) is 20.8 Å². The van der Waals surface area contributed by atoms with Crippen LogP contribution in [0.1, 0.15) is 29.8 Å². The lowest BCUT2D eigenvalue weighted by Gasteiger charge is -2.18. The number of carbonyl (C=O) groups is 3. The number of nitro groups is 1. The Morgan fingerprint density at radius 1 is 1.20 bits per heavy atom. The van der Waals surface area contributed by atoms with E-state index >= 15 is 0 Å². The highest BCUT2D eigenvalue weighted by Gasteiger charge is 2.25. The van der Waals surface area contributed by atoms with E-state index in [4.69, 9.17) is 5.11 Å². The van der Waals surface area contributed by atoms with Crippen molar-refractivity contribution in [1.82, 2.24) is 0 Å². The molecule has 0 fully saturated rings. The van der Waals surface area contributed by atoms with E-state index in [1.54, 1.807) is 0 Å². The molecule has 1 rings (SSSR count). The summed E-state index contributed by atoms with van der Waals surface area (Å²) in [6.07, 6.45) is 0. The number of nitrogens with zero attached hydrogens (tertiary/aromatic N) is 2. The molecule has 0 aliphatic heterocycles. The first-order valence-corrected chi connectivity index (χ1v) is 5.50. The van der Waals surface area contributed by atoms with Crippen molar-refractivity contribution < 1.29 is 24.4 Å². The molecule has 1 N–H and O–H groups in total. The highest BCUT2D eigenvalue weighted by molar-refractivity contribution is 6.13. The largest absolute Gasteiger partial charge is 0.478 e. The summed E-state index contributed by atoms with van der Waals surface area (Å²) in [7, 11) is 0. The molecule has 0 atom stereocenters. The number of imide groups is 1. The minimum absolute atomic E-state index is 0.0432. The maximum atomic E-state index is 11.4. The Morgan fingerprint density at radius 3 is 2.05 bits per heavy atom. The standard InChI is InChI=1S/C12H12N2O6/c1-6-10(12(17)18)4-9(5-11(6)14(19)20)13(7(2)15)8(3)16/h4-5H,1-3H3,(H,17,18). The van der Waals surface area contributed by atoms with Crippen LogP contribution in [0.3, 0.4) is 0 Å². The van der Waals surface area contributed by atoms with Crippen molar-refractivity contribution in [3.63, 3.8) is 0 Å². The van der Waals surface area contributed by atoms with Gasteiger partial charge in [-0.1, -0.05) is 0 Å². The molecule has 8 nitrogen and oxygen atoms in total. The van der Waals surface area contributed by atoms with E-state index in [-0.39, 0.29) is 16.8 Å². The van der Waals surface area contributed by atoms with Crippen molar-refractivity contribution >= 4 is 29.2 Å². The van der Waals surface area contributed by atoms with Gasteiger partial charge in [0.05, 0.1) is 16.2 Å². The van der Waals surface area contributed by atoms with Gasteiger partial charge in [0.1, 0.15) is 0 Å². The Bertz CT molecular complexity index is 573. The molecule has 0 saturated heterocycles. The Labute approximate surface area is 113 Å². The molecule has 1 aromatic rings. The van der Waals surface area contributed by atoms with Gasteiger partial charge in [-0.2, -0.15) is 0 Å². The number of hydrogen-bond donors (Lipinski definition) is 1. The van der Waals surface area contributed by atoms with E-state index < -0.39 is 28.4 Å². The zero-order valence-corrected chi connectivity index (χ0v) is 11.0. The molecule has 0 radical (unpaired) electrons. The fraction of sp³-hybridized carbons (Fsp3) is 0.250. The first kappa shape index (κ1) is 15.3. The molecule has 0 saturated carbocycles. The van der Waals surface area contributed by atoms with Crippen LogP contribution in [0.5, 0.6) is 0 Å². The van der Waals surface area contributed by atoms with Gasteiger partial charge in [0.15, 0.2) is 0 Å². The minimum atomic E-state index is -1.38. The zero-order chi connectivity index (χ0) is 15.6. The van der Waals surface area contributed by atoms with E-state index in [0.29, 0.717) is 4.90 Å². The van der Waals surface area contributed by atoms with Crippen LogP contribution in [0, 0.1) is 17.0 Å². The average molecular weight is 280 g/mol. The van der Waals surface area contributed by atoms with Crippen LogP contribution in [0.15, 0.2) is 12.1 Å². The van der Waals surface area contributed by atoms with Gasteiger partial charge in [0.25, 0.3) is 5.69 Å². The first-order chi connectivity index (χ1) is 9.16. The fourth-order valence-corrected chi connectivity index (χ4v) is 1.81. The smallest absolute Gasteiger partial charge is 0.336 e. The molecule has 0 aliphatic rings. The second-order valence-electron chi connectivity index (χ2n) is 4.07. The zero-order valence-electron chi connectivity index (χ0n) is 11.0. The van der Waals surface area contributed by atoms with Crippen molar-refractivity contribution in [3.05, 3.63) is 33.4 Å². The van der Waals surface area contributed by atoms with Crippen molar-refractivity contribution in [2.24, 2.45) is 0 Å². The summed E-state index contributed by atoms with van der Waals surface area (Å²) in [4.78, 5) is 44.8. The summed E-state index contributed by atoms with van der Waals surface area (Å²) < 4.78 is 0. The van der Waals surface area contributed by atoms with Crippen LogP contribution in [-0.4, -0.2) is 27.8 Å². The van der Waals surface area contributed by atoms with Crippen LogP contribution in [0.25, 0.3) is 0 Å². The lowest BCUT2D eigenvalue weighted by atomic mass is 10.0. The normalized spacial score (nSPS) is 9.95. The molecule has 0 spiro atoms. The van der Waals surface area contributed by atoms with E-state index in [0.717, 1.165) is 26.0 Å². The Kier molecular flexibility index (Phi) is 4.18. The van der Waals surface area contributed by atoms with Crippen LogP contribution in [-0.2, 0) is 9.59 Å². The number of amides is 2. The molecule has 0 heterocycles. The highest BCUT2D eigenvalue weighted by atomic mass is 16.6. The van der Waals surface area contributed by atoms with E-state index in [2.05, 4.69) is 0 Å². The summed E-state index contributed by atoms with van der Waals surface area (Å²) >= 11 is 0. The molecule has 20 heavy (non-hydrogen) atoms. The van der Waals surface area contributed by atoms with Crippen molar-refractivity contribution in [1.29, 1.82) is 0 Å². The van der Waals surface area contributed by atoms with Gasteiger partial charge in [-0.05, 0) is 13.0 Å². The number of nitro benzene ring substituents is 1. The Morgan fingerprint density at radius 2 is 1.70 bits per heavy atom. The summed E-state index contributed by atoms with van der Waals surface area (Å²) in [6, 6.07) is 2.07. The van der Waals surface area contributed by atoms with Crippen LogP contribution in [0.4, 0.5) is 11.4 Å². The maximum Gasteiger partial charge on any atom is 0.336 e. The summed E-state index contributed by atoms with van der Waals surface area (Å²) in [6.45, 7) is 3.50. The number of hydrogen-bond acceptors (Lipinski definition) is 5. The monoisotopic (exact) mass is 280 g/mol. The third-order valence-electron chi connectivity index (χ3n) is 2.68. The van der Waals surface area contributed by atoms with Gasteiger partial charge in [0.2, 0.25) is 11.8 Å². The fourth-order valence-electron chi connectivity index (χ4n) is 1.81. The molecule has 8 heteroatoms. The van der Waals surface area contributed by atoms with Gasteiger partial charge in [-0.25, -0.2) is 4.79 Å². The van der Waals surface area contributed by atoms with Gasteiger partial charge in [-0.3, -0.25) is 24.6 Å². The summed E-state index contributed by atoms with van der Waals surface area (Å²) in [5, 5.41) is 20.0. The second-order valence-corrected chi connectivity index (χ2v) is 4.07. The second kappa shape index (κ2) is 5.47. The molecule has 1 aromatic carbocycles. The predicted octanol–water partition coefficient (Wildman–Crippen LogP) is 1.50. The topological polar surface area (TPSA) is 118 Å². The van der Waals surface area contributed by atoms with Gasteiger partial charge in [0, 0.05) is 25.5 Å². The molecule has 0 aromatic heterocycles. The van der Waals surface area contributed by atoms with Crippen LogP contribution < -0.4 is 4.90 Å². The number of carboxylic acid groups (broad SMARTS) is 1. The predicted molar refractivity (Wildman–Crippen MR) is 68.6 cm³/mol. The highest BCUT2D eigenvalue weighted by Crippen LogP contribution is 2.29. The summed E-state index contributed by atoms with van der Waals surface area (Å²) in [5.41, 5.74) is -0.980. The Balaban J connectivity index is 3.64. The first-order valence-electron chi connectivity index (χ1n) is 5.50. The molecular formula is C12H12N2O6. The van der Waals surface area contributed by atoms with E-state index in [9.17, 15) is 24.5 Å².